The molecule has 3 rings (SSSR count). The minimum Gasteiger partial charge on any atom is -0.462 e. The normalized spacial score (nSPS) is 15.3. The van der Waals surface area contributed by atoms with Gasteiger partial charge in [0.2, 0.25) is 5.60 Å². The van der Waals surface area contributed by atoms with Crippen LogP contribution in [0.1, 0.15) is 11.1 Å². The molecule has 1 fully saturated rings. The second kappa shape index (κ2) is 11.1. The van der Waals surface area contributed by atoms with Crippen LogP contribution in [0.5, 0.6) is 0 Å². The Morgan fingerprint density at radius 2 is 1.45 bits per heavy atom. The van der Waals surface area contributed by atoms with Gasteiger partial charge in [0.25, 0.3) is 0 Å². The van der Waals surface area contributed by atoms with E-state index in [-0.39, 0.29) is 19.0 Å². The van der Waals surface area contributed by atoms with E-state index < -0.39 is 11.6 Å². The number of carbonyl (C=O) groups is 1. The maximum atomic E-state index is 12.9. The van der Waals surface area contributed by atoms with Gasteiger partial charge in [0, 0.05) is 39.3 Å². The van der Waals surface area contributed by atoms with E-state index in [1.165, 1.54) is 0 Å². The van der Waals surface area contributed by atoms with Gasteiger partial charge in [-0.25, -0.2) is 4.79 Å². The second-order valence-corrected chi connectivity index (χ2v) is 7.01. The smallest absolute Gasteiger partial charge is 0.347 e. The van der Waals surface area contributed by atoms with Crippen molar-refractivity contribution in [2.45, 2.75) is 5.60 Å². The molecule has 0 aliphatic carbocycles. The molecule has 0 amide bonds. The predicted octanol–water partition coefficient (Wildman–Crippen LogP) is 2.69. The average molecular weight is 417 g/mol. The van der Waals surface area contributed by atoms with Crippen molar-refractivity contribution in [3.05, 3.63) is 84.4 Å². The number of halogens is 1. The average Bonchev–Trinajstić information content (AvgIpc) is 2.75. The van der Waals surface area contributed by atoms with E-state index in [1.54, 1.807) is 48.5 Å². The van der Waals surface area contributed by atoms with Gasteiger partial charge in [0.15, 0.2) is 0 Å². The summed E-state index contributed by atoms with van der Waals surface area (Å²) >= 11 is 0. The third kappa shape index (κ3) is 5.67. The Bertz CT molecular complexity index is 723. The number of benzene rings is 2. The molecule has 6 heteroatoms. The van der Waals surface area contributed by atoms with Gasteiger partial charge in [-0.2, -0.15) is 0 Å². The summed E-state index contributed by atoms with van der Waals surface area (Å²) in [4.78, 5) is 17.6. The minimum atomic E-state index is -1.81. The number of esters is 1. The quantitative estimate of drug-likeness (QED) is 0.529. The zero-order chi connectivity index (χ0) is 19.8. The fourth-order valence-electron chi connectivity index (χ4n) is 3.51. The number of rotatable bonds is 8. The van der Waals surface area contributed by atoms with E-state index in [2.05, 4.69) is 16.4 Å². The Labute approximate surface area is 179 Å². The van der Waals surface area contributed by atoms with Crippen LogP contribution in [0, 0.1) is 0 Å². The van der Waals surface area contributed by atoms with Crippen molar-refractivity contribution in [1.82, 2.24) is 9.80 Å². The third-order valence-corrected chi connectivity index (χ3v) is 5.17. The topological polar surface area (TPSA) is 53.0 Å². The highest BCUT2D eigenvalue weighted by Gasteiger charge is 2.41. The summed E-state index contributed by atoms with van der Waals surface area (Å²) in [6, 6.07) is 17.9. The SMILES string of the molecule is C=CCN1CCN(CCOC(=O)C(O)(c2ccccc2)c2ccccc2)CC1.Cl. The maximum Gasteiger partial charge on any atom is 0.347 e. The number of hydrogen-bond acceptors (Lipinski definition) is 5. The Kier molecular flexibility index (Phi) is 8.86. The monoisotopic (exact) mass is 416 g/mol. The second-order valence-electron chi connectivity index (χ2n) is 7.01. The van der Waals surface area contributed by atoms with Crippen LogP contribution in [0.15, 0.2) is 73.3 Å². The van der Waals surface area contributed by atoms with Crippen molar-refractivity contribution in [3.8, 4) is 0 Å². The van der Waals surface area contributed by atoms with Gasteiger partial charge < -0.3 is 9.84 Å². The number of piperazine rings is 1. The number of nitrogens with zero attached hydrogens (tertiary/aromatic N) is 2. The first kappa shape index (κ1) is 23.1. The number of hydrogen-bond donors (Lipinski definition) is 1. The van der Waals surface area contributed by atoms with Crippen LogP contribution in [0.3, 0.4) is 0 Å². The molecule has 1 aliphatic rings. The molecule has 0 spiro atoms. The van der Waals surface area contributed by atoms with Crippen LogP contribution in [0.4, 0.5) is 0 Å². The van der Waals surface area contributed by atoms with Gasteiger partial charge in [0.1, 0.15) is 6.61 Å². The van der Waals surface area contributed by atoms with Crippen LogP contribution in [0.25, 0.3) is 0 Å². The Balaban J connectivity index is 0.00000300. The highest BCUT2D eigenvalue weighted by atomic mass is 35.5. The van der Waals surface area contributed by atoms with E-state index >= 15 is 0 Å². The molecular formula is C23H29ClN2O3. The summed E-state index contributed by atoms with van der Waals surface area (Å²) in [5.74, 6) is -0.643. The zero-order valence-corrected chi connectivity index (χ0v) is 17.4. The lowest BCUT2D eigenvalue weighted by molar-refractivity contribution is -0.162. The molecule has 1 N–H and O–H groups in total. The largest absolute Gasteiger partial charge is 0.462 e. The maximum absolute atomic E-state index is 12.9. The Morgan fingerprint density at radius 3 is 1.93 bits per heavy atom. The van der Waals surface area contributed by atoms with E-state index in [9.17, 15) is 9.90 Å². The molecule has 156 valence electrons. The first-order valence-corrected chi connectivity index (χ1v) is 9.71. The van der Waals surface area contributed by atoms with Gasteiger partial charge in [0.05, 0.1) is 0 Å². The lowest BCUT2D eigenvalue weighted by atomic mass is 9.86. The van der Waals surface area contributed by atoms with E-state index in [4.69, 9.17) is 4.74 Å². The lowest BCUT2D eigenvalue weighted by Crippen LogP contribution is -2.47. The lowest BCUT2D eigenvalue weighted by Gasteiger charge is -2.34. The number of aliphatic hydroxyl groups is 1. The number of ether oxygens (including phenoxy) is 1. The summed E-state index contributed by atoms with van der Waals surface area (Å²) in [5, 5.41) is 11.3. The standard InChI is InChI=1S/C23H28N2O3.ClH/c1-2-13-24-14-16-25(17-15-24)18-19-28-22(26)23(27,20-9-5-3-6-10-20)21-11-7-4-8-12-21;/h2-12,27H,1,13-19H2;1H. The molecular weight excluding hydrogens is 388 g/mol. The van der Waals surface area contributed by atoms with Gasteiger partial charge >= 0.3 is 5.97 Å². The van der Waals surface area contributed by atoms with Gasteiger partial charge in [-0.15, -0.1) is 19.0 Å². The van der Waals surface area contributed by atoms with Crippen molar-refractivity contribution in [2.24, 2.45) is 0 Å². The molecule has 1 saturated heterocycles. The molecule has 0 unspecified atom stereocenters. The van der Waals surface area contributed by atoms with Crippen LogP contribution in [-0.2, 0) is 15.1 Å². The van der Waals surface area contributed by atoms with Crippen molar-refractivity contribution in [2.75, 3.05) is 45.9 Å². The molecule has 29 heavy (non-hydrogen) atoms. The van der Waals surface area contributed by atoms with Crippen LogP contribution in [-0.4, -0.2) is 66.8 Å². The highest BCUT2D eigenvalue weighted by molar-refractivity contribution is 5.85. The van der Waals surface area contributed by atoms with E-state index in [1.807, 2.05) is 18.2 Å². The molecule has 2 aromatic rings. The molecule has 0 radical (unpaired) electrons. The van der Waals surface area contributed by atoms with E-state index in [0.717, 1.165) is 32.7 Å². The first-order chi connectivity index (χ1) is 13.6. The molecule has 1 aliphatic heterocycles. The molecule has 0 aromatic heterocycles. The predicted molar refractivity (Wildman–Crippen MR) is 117 cm³/mol. The minimum absolute atomic E-state index is 0. The summed E-state index contributed by atoms with van der Waals surface area (Å²) < 4.78 is 5.53. The summed E-state index contributed by atoms with van der Waals surface area (Å²) in [6.45, 7) is 9.44. The van der Waals surface area contributed by atoms with Gasteiger partial charge in [-0.1, -0.05) is 66.7 Å². The highest BCUT2D eigenvalue weighted by Crippen LogP contribution is 2.31. The molecule has 0 bridgehead atoms. The molecule has 0 atom stereocenters. The van der Waals surface area contributed by atoms with Crippen molar-refractivity contribution < 1.29 is 14.6 Å². The first-order valence-electron chi connectivity index (χ1n) is 9.71. The van der Waals surface area contributed by atoms with Crippen molar-refractivity contribution in [3.63, 3.8) is 0 Å². The fourth-order valence-corrected chi connectivity index (χ4v) is 3.51. The van der Waals surface area contributed by atoms with Crippen LogP contribution in [0.2, 0.25) is 0 Å². The van der Waals surface area contributed by atoms with Crippen molar-refractivity contribution >= 4 is 18.4 Å². The van der Waals surface area contributed by atoms with Crippen molar-refractivity contribution in [1.29, 1.82) is 0 Å². The Hall–Kier alpha value is -2.18. The number of carbonyl (C=O) groups excluding carboxylic acids is 1. The summed E-state index contributed by atoms with van der Waals surface area (Å²) in [7, 11) is 0. The van der Waals surface area contributed by atoms with Crippen LogP contribution < -0.4 is 0 Å². The van der Waals surface area contributed by atoms with Gasteiger partial charge in [-0.05, 0) is 11.1 Å². The molecule has 2 aromatic carbocycles. The zero-order valence-electron chi connectivity index (χ0n) is 16.6. The Morgan fingerprint density at radius 1 is 0.966 bits per heavy atom. The van der Waals surface area contributed by atoms with Crippen LogP contribution >= 0.6 is 12.4 Å². The molecule has 0 saturated carbocycles. The summed E-state index contributed by atoms with van der Waals surface area (Å²) in [5.41, 5.74) is -0.806. The molecule has 1 heterocycles. The van der Waals surface area contributed by atoms with E-state index in [0.29, 0.717) is 17.7 Å². The molecule has 5 nitrogen and oxygen atoms in total. The summed E-state index contributed by atoms with van der Waals surface area (Å²) in [6.07, 6.45) is 1.92. The third-order valence-electron chi connectivity index (χ3n) is 5.17. The van der Waals surface area contributed by atoms with Gasteiger partial charge in [-0.3, -0.25) is 9.80 Å². The fraction of sp³-hybridized carbons (Fsp3) is 0.348.